The molecule has 0 aliphatic carbocycles. The molecule has 1 aliphatic heterocycles. The Balaban J connectivity index is 2.31. The van der Waals surface area contributed by atoms with Gasteiger partial charge in [-0.05, 0) is 19.1 Å². The van der Waals surface area contributed by atoms with Crippen molar-refractivity contribution in [3.05, 3.63) is 30.3 Å². The Morgan fingerprint density at radius 3 is 2.50 bits per heavy atom. The highest BCUT2D eigenvalue weighted by molar-refractivity contribution is 6.15. The van der Waals surface area contributed by atoms with Crippen LogP contribution in [-0.2, 0) is 4.79 Å². The van der Waals surface area contributed by atoms with Gasteiger partial charge in [0.25, 0.3) is 0 Å². The van der Waals surface area contributed by atoms with Crippen LogP contribution in [-0.4, -0.2) is 29.9 Å². The number of rotatable bonds is 2. The predicted molar refractivity (Wildman–Crippen MR) is 61.2 cm³/mol. The van der Waals surface area contributed by atoms with Gasteiger partial charge in [0.15, 0.2) is 0 Å². The number of carbonyl (C=O) groups is 2. The summed E-state index contributed by atoms with van der Waals surface area (Å²) in [6.45, 7) is 3.07. The number of carbonyl (C=O) groups excluding carboxylic acids is 2. The van der Waals surface area contributed by atoms with E-state index < -0.39 is 0 Å². The third-order valence-electron chi connectivity index (χ3n) is 2.70. The molecule has 0 bridgehead atoms. The Morgan fingerprint density at radius 1 is 1.19 bits per heavy atom. The average Bonchev–Trinajstić information content (AvgIpc) is 2.31. The van der Waals surface area contributed by atoms with Crippen LogP contribution < -0.4 is 4.90 Å². The smallest absolute Gasteiger partial charge is 0.324 e. The van der Waals surface area contributed by atoms with Crippen LogP contribution in [0.25, 0.3) is 0 Å². The van der Waals surface area contributed by atoms with Gasteiger partial charge >= 0.3 is 6.03 Å². The Labute approximate surface area is 94.5 Å². The summed E-state index contributed by atoms with van der Waals surface area (Å²) in [7, 11) is 0. The highest BCUT2D eigenvalue weighted by Gasteiger charge is 2.31. The standard InChI is InChI=1S/C12H14N2O2/c1-2-13-9-8-11(15)14(12(13)16)10-6-4-3-5-7-10/h3-7H,2,8-9H2,1H3. The maximum Gasteiger partial charge on any atom is 0.331 e. The minimum absolute atomic E-state index is 0.124. The van der Waals surface area contributed by atoms with Crippen molar-refractivity contribution >= 4 is 17.6 Å². The quantitative estimate of drug-likeness (QED) is 0.760. The van der Waals surface area contributed by atoms with Crippen molar-refractivity contribution in [2.75, 3.05) is 18.0 Å². The minimum atomic E-state index is -0.218. The molecule has 0 aromatic heterocycles. The lowest BCUT2D eigenvalue weighted by Crippen LogP contribution is -2.52. The Kier molecular flexibility index (Phi) is 2.90. The zero-order valence-corrected chi connectivity index (χ0v) is 9.22. The number of hydrogen-bond acceptors (Lipinski definition) is 2. The number of benzene rings is 1. The summed E-state index contributed by atoms with van der Waals surface area (Å²) in [6, 6.07) is 8.83. The summed E-state index contributed by atoms with van der Waals surface area (Å²) < 4.78 is 0. The summed E-state index contributed by atoms with van der Waals surface area (Å²) >= 11 is 0. The van der Waals surface area contributed by atoms with Gasteiger partial charge in [0.05, 0.1) is 5.69 Å². The van der Waals surface area contributed by atoms with Crippen LogP contribution in [0.15, 0.2) is 30.3 Å². The van der Waals surface area contributed by atoms with Crippen molar-refractivity contribution in [2.24, 2.45) is 0 Å². The van der Waals surface area contributed by atoms with Gasteiger partial charge in [-0.2, -0.15) is 0 Å². The second-order valence-corrected chi connectivity index (χ2v) is 3.68. The van der Waals surface area contributed by atoms with E-state index in [1.165, 1.54) is 4.90 Å². The molecule has 1 aromatic carbocycles. The fourth-order valence-corrected chi connectivity index (χ4v) is 1.81. The molecule has 16 heavy (non-hydrogen) atoms. The third kappa shape index (κ3) is 1.78. The van der Waals surface area contributed by atoms with E-state index in [0.29, 0.717) is 25.2 Å². The lowest BCUT2D eigenvalue weighted by Gasteiger charge is -2.33. The highest BCUT2D eigenvalue weighted by Crippen LogP contribution is 2.20. The molecule has 4 nitrogen and oxygen atoms in total. The minimum Gasteiger partial charge on any atom is -0.324 e. The zero-order chi connectivity index (χ0) is 11.5. The molecule has 0 unspecified atom stereocenters. The second-order valence-electron chi connectivity index (χ2n) is 3.68. The normalized spacial score (nSPS) is 16.8. The summed E-state index contributed by atoms with van der Waals surface area (Å²) in [5.41, 5.74) is 0.649. The molecule has 0 saturated carbocycles. The Morgan fingerprint density at radius 2 is 1.88 bits per heavy atom. The fourth-order valence-electron chi connectivity index (χ4n) is 1.81. The molecule has 1 heterocycles. The number of anilines is 1. The van der Waals surface area contributed by atoms with Crippen LogP contribution in [0.5, 0.6) is 0 Å². The van der Waals surface area contributed by atoms with Gasteiger partial charge in [0.1, 0.15) is 0 Å². The molecule has 1 fully saturated rings. The number of amides is 3. The summed E-state index contributed by atoms with van der Waals surface area (Å²) in [6.07, 6.45) is 0.397. The van der Waals surface area contributed by atoms with Crippen molar-refractivity contribution < 1.29 is 9.59 Å². The van der Waals surface area contributed by atoms with Crippen LogP contribution in [0, 0.1) is 0 Å². The molecule has 0 N–H and O–H groups in total. The second kappa shape index (κ2) is 4.35. The first-order valence-electron chi connectivity index (χ1n) is 5.41. The first-order valence-corrected chi connectivity index (χ1v) is 5.41. The van der Waals surface area contributed by atoms with Crippen LogP contribution in [0.3, 0.4) is 0 Å². The molecule has 0 atom stereocenters. The molecule has 2 rings (SSSR count). The van der Waals surface area contributed by atoms with Crippen LogP contribution in [0.1, 0.15) is 13.3 Å². The number of nitrogens with zero attached hydrogens (tertiary/aromatic N) is 2. The molecule has 4 heteroatoms. The third-order valence-corrected chi connectivity index (χ3v) is 2.70. The first kappa shape index (κ1) is 10.7. The topological polar surface area (TPSA) is 40.6 Å². The van der Waals surface area contributed by atoms with Crippen molar-refractivity contribution in [2.45, 2.75) is 13.3 Å². The molecule has 1 aromatic rings. The van der Waals surface area contributed by atoms with E-state index in [4.69, 9.17) is 0 Å². The first-order chi connectivity index (χ1) is 7.74. The van der Waals surface area contributed by atoms with E-state index >= 15 is 0 Å². The predicted octanol–water partition coefficient (Wildman–Crippen LogP) is 1.87. The average molecular weight is 218 g/mol. The molecule has 3 amide bonds. The van der Waals surface area contributed by atoms with E-state index in [1.807, 2.05) is 25.1 Å². The molecular formula is C12H14N2O2. The largest absolute Gasteiger partial charge is 0.331 e. The maximum atomic E-state index is 12.0. The molecule has 1 aliphatic rings. The van der Waals surface area contributed by atoms with Crippen molar-refractivity contribution in [1.82, 2.24) is 4.90 Å². The number of hydrogen-bond donors (Lipinski definition) is 0. The van der Waals surface area contributed by atoms with Gasteiger partial charge in [-0.25, -0.2) is 9.69 Å². The summed E-state index contributed by atoms with van der Waals surface area (Å²) in [4.78, 5) is 26.7. The summed E-state index contributed by atoms with van der Waals surface area (Å²) in [5, 5.41) is 0. The molecule has 84 valence electrons. The van der Waals surface area contributed by atoms with Gasteiger partial charge < -0.3 is 4.90 Å². The SMILES string of the molecule is CCN1CCC(=O)N(c2ccccc2)C1=O. The Bertz CT molecular complexity index is 403. The lowest BCUT2D eigenvalue weighted by molar-refractivity contribution is -0.119. The highest BCUT2D eigenvalue weighted by atomic mass is 16.2. The van der Waals surface area contributed by atoms with Crippen LogP contribution in [0.4, 0.5) is 10.5 Å². The van der Waals surface area contributed by atoms with E-state index in [1.54, 1.807) is 17.0 Å². The van der Waals surface area contributed by atoms with Crippen molar-refractivity contribution in [1.29, 1.82) is 0 Å². The maximum absolute atomic E-state index is 12.0. The molecule has 1 saturated heterocycles. The van der Waals surface area contributed by atoms with E-state index in [-0.39, 0.29) is 11.9 Å². The van der Waals surface area contributed by atoms with Crippen molar-refractivity contribution in [3.8, 4) is 0 Å². The summed E-state index contributed by atoms with van der Waals surface area (Å²) in [5.74, 6) is -0.124. The van der Waals surface area contributed by atoms with Gasteiger partial charge in [-0.3, -0.25) is 4.79 Å². The van der Waals surface area contributed by atoms with Gasteiger partial charge in [-0.15, -0.1) is 0 Å². The van der Waals surface area contributed by atoms with Gasteiger partial charge in [0, 0.05) is 19.5 Å². The van der Waals surface area contributed by atoms with Crippen LogP contribution >= 0.6 is 0 Å². The lowest BCUT2D eigenvalue weighted by atomic mass is 10.2. The molecule has 0 radical (unpaired) electrons. The monoisotopic (exact) mass is 218 g/mol. The van der Waals surface area contributed by atoms with Crippen LogP contribution in [0.2, 0.25) is 0 Å². The zero-order valence-electron chi connectivity index (χ0n) is 9.22. The van der Waals surface area contributed by atoms with E-state index in [2.05, 4.69) is 0 Å². The van der Waals surface area contributed by atoms with E-state index in [9.17, 15) is 9.59 Å². The van der Waals surface area contributed by atoms with Crippen molar-refractivity contribution in [3.63, 3.8) is 0 Å². The van der Waals surface area contributed by atoms with Gasteiger partial charge in [-0.1, -0.05) is 18.2 Å². The number of imide groups is 1. The molecule has 0 spiro atoms. The Hall–Kier alpha value is -1.84. The number of para-hydroxylation sites is 1. The molecular weight excluding hydrogens is 204 g/mol. The van der Waals surface area contributed by atoms with E-state index in [0.717, 1.165) is 0 Å². The number of urea groups is 1. The fraction of sp³-hybridized carbons (Fsp3) is 0.333. The van der Waals surface area contributed by atoms with Gasteiger partial charge in [0.2, 0.25) is 5.91 Å².